The molecule has 0 aliphatic heterocycles. The van der Waals surface area contributed by atoms with Crippen LogP contribution in [0.5, 0.6) is 0 Å². The van der Waals surface area contributed by atoms with Gasteiger partial charge in [0.05, 0.1) is 0 Å². The van der Waals surface area contributed by atoms with Gasteiger partial charge in [0, 0.05) is 25.6 Å². The lowest BCUT2D eigenvalue weighted by Gasteiger charge is -2.03. The average Bonchev–Trinajstić information content (AvgIpc) is 1.83. The molecule has 0 saturated heterocycles. The summed E-state index contributed by atoms with van der Waals surface area (Å²) in [4.78, 5) is 0. The molecule has 0 aromatic carbocycles. The standard InChI is InChI=1S/C6H10O2/c1-2-3-6(4-7)5-8/h1,6-8H,3-5H2. The van der Waals surface area contributed by atoms with Gasteiger partial charge in [0.15, 0.2) is 0 Å². The van der Waals surface area contributed by atoms with Crippen LogP contribution in [0.15, 0.2) is 0 Å². The van der Waals surface area contributed by atoms with E-state index in [0.717, 1.165) is 0 Å². The van der Waals surface area contributed by atoms with E-state index < -0.39 is 0 Å². The Bertz CT molecular complexity index is 79.0. The van der Waals surface area contributed by atoms with Crippen LogP contribution in [0.4, 0.5) is 0 Å². The lowest BCUT2D eigenvalue weighted by atomic mass is 10.1. The zero-order chi connectivity index (χ0) is 6.41. The number of hydrogen-bond acceptors (Lipinski definition) is 2. The van der Waals surface area contributed by atoms with Gasteiger partial charge in [-0.15, -0.1) is 12.3 Å². The summed E-state index contributed by atoms with van der Waals surface area (Å²) < 4.78 is 0. The lowest BCUT2D eigenvalue weighted by Crippen LogP contribution is -2.09. The van der Waals surface area contributed by atoms with Crippen LogP contribution in [-0.4, -0.2) is 23.4 Å². The highest BCUT2D eigenvalue weighted by Crippen LogP contribution is 1.96. The summed E-state index contributed by atoms with van der Waals surface area (Å²) in [5.74, 6) is 2.22. The predicted octanol–water partition coefficient (Wildman–Crippen LogP) is -0.389. The first-order chi connectivity index (χ1) is 3.85. The Morgan fingerprint density at radius 2 is 1.88 bits per heavy atom. The Balaban J connectivity index is 3.25. The van der Waals surface area contributed by atoms with Gasteiger partial charge in [0.1, 0.15) is 0 Å². The van der Waals surface area contributed by atoms with Crippen LogP contribution < -0.4 is 0 Å². The van der Waals surface area contributed by atoms with E-state index in [1.807, 2.05) is 0 Å². The van der Waals surface area contributed by atoms with Gasteiger partial charge < -0.3 is 10.2 Å². The zero-order valence-electron chi connectivity index (χ0n) is 4.67. The number of hydrogen-bond donors (Lipinski definition) is 2. The molecule has 2 heteroatoms. The Morgan fingerprint density at radius 1 is 1.38 bits per heavy atom. The molecule has 8 heavy (non-hydrogen) atoms. The molecule has 0 unspecified atom stereocenters. The molecule has 0 bridgehead atoms. The van der Waals surface area contributed by atoms with E-state index in [1.54, 1.807) is 0 Å². The van der Waals surface area contributed by atoms with Crippen molar-refractivity contribution in [3.8, 4) is 12.3 Å². The van der Waals surface area contributed by atoms with Crippen molar-refractivity contribution in [2.75, 3.05) is 13.2 Å². The SMILES string of the molecule is C#CCC(CO)CO. The summed E-state index contributed by atoms with van der Waals surface area (Å²) in [5, 5.41) is 16.8. The molecule has 0 aromatic rings. The highest BCUT2D eigenvalue weighted by molar-refractivity contribution is 4.86. The maximum atomic E-state index is 8.40. The minimum Gasteiger partial charge on any atom is -0.396 e. The van der Waals surface area contributed by atoms with Gasteiger partial charge in [-0.1, -0.05) is 0 Å². The second-order valence-corrected chi connectivity index (χ2v) is 1.64. The molecule has 2 nitrogen and oxygen atoms in total. The van der Waals surface area contributed by atoms with E-state index >= 15 is 0 Å². The molecule has 0 aliphatic rings. The Hall–Kier alpha value is -0.520. The molecule has 0 spiro atoms. The second-order valence-electron chi connectivity index (χ2n) is 1.64. The number of rotatable bonds is 3. The summed E-state index contributed by atoms with van der Waals surface area (Å²) in [7, 11) is 0. The minimum atomic E-state index is -0.125. The van der Waals surface area contributed by atoms with Crippen LogP contribution in [0.25, 0.3) is 0 Å². The fraction of sp³-hybridized carbons (Fsp3) is 0.667. The predicted molar refractivity (Wildman–Crippen MR) is 31.1 cm³/mol. The summed E-state index contributed by atoms with van der Waals surface area (Å²) in [6.07, 6.45) is 5.36. The third-order valence-electron chi connectivity index (χ3n) is 0.923. The van der Waals surface area contributed by atoms with Crippen LogP contribution in [-0.2, 0) is 0 Å². The van der Waals surface area contributed by atoms with Crippen molar-refractivity contribution < 1.29 is 10.2 Å². The molecule has 0 aromatic heterocycles. The number of aliphatic hydroxyl groups is 2. The summed E-state index contributed by atoms with van der Waals surface area (Å²) in [6.45, 7) is -0.0542. The van der Waals surface area contributed by atoms with E-state index in [-0.39, 0.29) is 19.1 Å². The van der Waals surface area contributed by atoms with Gasteiger partial charge in [0.25, 0.3) is 0 Å². The van der Waals surface area contributed by atoms with Crippen molar-refractivity contribution in [2.24, 2.45) is 5.92 Å². The van der Waals surface area contributed by atoms with Gasteiger partial charge in [-0.25, -0.2) is 0 Å². The van der Waals surface area contributed by atoms with E-state index in [1.165, 1.54) is 0 Å². The van der Waals surface area contributed by atoms with Gasteiger partial charge in [0.2, 0.25) is 0 Å². The molecule has 0 rings (SSSR count). The molecule has 2 N–H and O–H groups in total. The maximum Gasteiger partial charge on any atom is 0.0490 e. The van der Waals surface area contributed by atoms with Crippen molar-refractivity contribution in [2.45, 2.75) is 6.42 Å². The largest absolute Gasteiger partial charge is 0.396 e. The van der Waals surface area contributed by atoms with E-state index in [9.17, 15) is 0 Å². The van der Waals surface area contributed by atoms with Crippen LogP contribution in [0, 0.1) is 18.3 Å². The third-order valence-corrected chi connectivity index (χ3v) is 0.923. The summed E-state index contributed by atoms with van der Waals surface area (Å²) in [5.41, 5.74) is 0. The van der Waals surface area contributed by atoms with Crippen LogP contribution in [0.3, 0.4) is 0 Å². The van der Waals surface area contributed by atoms with Gasteiger partial charge in [-0.05, 0) is 0 Å². The monoisotopic (exact) mass is 114 g/mol. The molecule has 0 radical (unpaired) electrons. The maximum absolute atomic E-state index is 8.40. The molecule has 0 fully saturated rings. The summed E-state index contributed by atoms with van der Waals surface area (Å²) in [6, 6.07) is 0. The first-order valence-corrected chi connectivity index (χ1v) is 2.50. The first-order valence-electron chi connectivity index (χ1n) is 2.50. The second kappa shape index (κ2) is 4.63. The van der Waals surface area contributed by atoms with E-state index in [2.05, 4.69) is 5.92 Å². The van der Waals surface area contributed by atoms with Gasteiger partial charge in [-0.3, -0.25) is 0 Å². The highest BCUT2D eigenvalue weighted by atomic mass is 16.3. The Labute approximate surface area is 49.2 Å². The molecule has 0 saturated carbocycles. The molecule has 0 aliphatic carbocycles. The van der Waals surface area contributed by atoms with Crippen LogP contribution >= 0.6 is 0 Å². The topological polar surface area (TPSA) is 40.5 Å². The number of terminal acetylenes is 1. The lowest BCUT2D eigenvalue weighted by molar-refractivity contribution is 0.153. The van der Waals surface area contributed by atoms with Crippen molar-refractivity contribution >= 4 is 0 Å². The molecular weight excluding hydrogens is 104 g/mol. The quantitative estimate of drug-likeness (QED) is 0.490. The van der Waals surface area contributed by atoms with Gasteiger partial charge in [-0.2, -0.15) is 0 Å². The Morgan fingerprint density at radius 3 is 2.00 bits per heavy atom. The van der Waals surface area contributed by atoms with Gasteiger partial charge >= 0.3 is 0 Å². The van der Waals surface area contributed by atoms with E-state index in [4.69, 9.17) is 16.6 Å². The normalized spacial score (nSPS) is 9.25. The zero-order valence-corrected chi connectivity index (χ0v) is 4.67. The third kappa shape index (κ3) is 2.62. The Kier molecular flexibility index (Phi) is 4.33. The van der Waals surface area contributed by atoms with Crippen molar-refractivity contribution in [3.63, 3.8) is 0 Å². The fourth-order valence-corrected chi connectivity index (χ4v) is 0.354. The highest BCUT2D eigenvalue weighted by Gasteiger charge is 2.00. The molecule has 0 amide bonds. The van der Waals surface area contributed by atoms with Crippen molar-refractivity contribution in [1.29, 1.82) is 0 Å². The molecular formula is C6H10O2. The summed E-state index contributed by atoms with van der Waals surface area (Å²) >= 11 is 0. The minimum absolute atomic E-state index is 0.0271. The average molecular weight is 114 g/mol. The van der Waals surface area contributed by atoms with Crippen LogP contribution in [0.2, 0.25) is 0 Å². The fourth-order valence-electron chi connectivity index (χ4n) is 0.354. The molecule has 0 heterocycles. The number of aliphatic hydroxyl groups excluding tert-OH is 2. The smallest absolute Gasteiger partial charge is 0.0490 e. The van der Waals surface area contributed by atoms with Crippen molar-refractivity contribution in [1.82, 2.24) is 0 Å². The van der Waals surface area contributed by atoms with Crippen molar-refractivity contribution in [3.05, 3.63) is 0 Å². The van der Waals surface area contributed by atoms with Crippen LogP contribution in [0.1, 0.15) is 6.42 Å². The molecule has 46 valence electrons. The molecule has 0 atom stereocenters. The van der Waals surface area contributed by atoms with E-state index in [0.29, 0.717) is 6.42 Å². The first kappa shape index (κ1) is 7.48.